The summed E-state index contributed by atoms with van der Waals surface area (Å²) >= 11 is 5.68. The molecule has 11 heavy (non-hydrogen) atoms. The number of nitrogens with two attached hydrogens (primary N) is 1. The average molecular weight is 171 g/mol. The van der Waals surface area contributed by atoms with Crippen LogP contribution in [0.15, 0.2) is 18.3 Å². The Morgan fingerprint density at radius 3 is 3.00 bits per heavy atom. The molecule has 1 aromatic heterocycles. The van der Waals surface area contributed by atoms with Gasteiger partial charge in [-0.25, -0.2) is 4.98 Å². The molecule has 1 atom stereocenters. The summed E-state index contributed by atoms with van der Waals surface area (Å²) in [6, 6.07) is 3.94. The van der Waals surface area contributed by atoms with Crippen molar-refractivity contribution in [3.05, 3.63) is 29.0 Å². The van der Waals surface area contributed by atoms with Gasteiger partial charge in [-0.2, -0.15) is 0 Å². The molecule has 1 heterocycles. The molecule has 1 unspecified atom stereocenters. The zero-order chi connectivity index (χ0) is 8.27. The lowest BCUT2D eigenvalue weighted by molar-refractivity contribution is 0.737. The van der Waals surface area contributed by atoms with Gasteiger partial charge < -0.3 is 5.73 Å². The number of hydrogen-bond donors (Lipinski definition) is 1. The second-order valence-corrected chi connectivity index (χ2v) is 3.06. The quantitative estimate of drug-likeness (QED) is 0.686. The lowest BCUT2D eigenvalue weighted by Crippen LogP contribution is -2.17. The van der Waals surface area contributed by atoms with Crippen LogP contribution in [0.5, 0.6) is 0 Å². The molecule has 0 aliphatic carbocycles. The van der Waals surface area contributed by atoms with Crippen molar-refractivity contribution >= 4 is 11.6 Å². The van der Waals surface area contributed by atoms with Gasteiger partial charge in [-0.1, -0.05) is 11.6 Å². The van der Waals surface area contributed by atoms with Crippen molar-refractivity contribution in [3.63, 3.8) is 0 Å². The van der Waals surface area contributed by atoms with E-state index in [2.05, 4.69) is 4.98 Å². The summed E-state index contributed by atoms with van der Waals surface area (Å²) in [6.07, 6.45) is 2.54. The van der Waals surface area contributed by atoms with Gasteiger partial charge in [-0.3, -0.25) is 0 Å². The molecule has 1 aromatic rings. The molecular weight excluding hydrogens is 160 g/mol. The van der Waals surface area contributed by atoms with E-state index in [1.165, 1.54) is 0 Å². The largest absolute Gasteiger partial charge is 0.328 e. The van der Waals surface area contributed by atoms with E-state index >= 15 is 0 Å². The van der Waals surface area contributed by atoms with E-state index in [0.717, 1.165) is 12.0 Å². The smallest absolute Gasteiger partial charge is 0.129 e. The number of halogens is 1. The summed E-state index contributed by atoms with van der Waals surface area (Å²) in [7, 11) is 0. The highest BCUT2D eigenvalue weighted by atomic mass is 35.5. The van der Waals surface area contributed by atoms with Crippen LogP contribution in [-0.4, -0.2) is 11.0 Å². The molecule has 0 aliphatic rings. The first-order valence-electron chi connectivity index (χ1n) is 3.54. The molecule has 0 saturated carbocycles. The third kappa shape index (κ3) is 2.87. The Bertz CT molecular complexity index is 235. The molecule has 0 fully saturated rings. The van der Waals surface area contributed by atoms with Crippen molar-refractivity contribution in [3.8, 4) is 0 Å². The molecule has 0 saturated heterocycles. The number of aromatic nitrogens is 1. The van der Waals surface area contributed by atoms with Crippen LogP contribution in [0.3, 0.4) is 0 Å². The fourth-order valence-corrected chi connectivity index (χ4v) is 1.14. The molecule has 60 valence electrons. The van der Waals surface area contributed by atoms with Crippen molar-refractivity contribution in [2.75, 3.05) is 0 Å². The third-order valence-corrected chi connectivity index (χ3v) is 1.56. The molecule has 2 N–H and O–H groups in total. The Labute approximate surface area is 71.4 Å². The summed E-state index contributed by atoms with van der Waals surface area (Å²) < 4.78 is 0. The molecule has 0 aromatic carbocycles. The van der Waals surface area contributed by atoms with Crippen LogP contribution in [0.1, 0.15) is 12.5 Å². The topological polar surface area (TPSA) is 38.9 Å². The van der Waals surface area contributed by atoms with Gasteiger partial charge in [0.1, 0.15) is 5.15 Å². The van der Waals surface area contributed by atoms with Gasteiger partial charge in [0.15, 0.2) is 0 Å². The lowest BCUT2D eigenvalue weighted by atomic mass is 10.1. The SMILES string of the molecule is CC(N)Cc1ccnc(Cl)c1. The lowest BCUT2D eigenvalue weighted by Gasteiger charge is -2.03. The van der Waals surface area contributed by atoms with Crippen LogP contribution >= 0.6 is 11.6 Å². The van der Waals surface area contributed by atoms with Crippen molar-refractivity contribution < 1.29 is 0 Å². The number of pyridine rings is 1. The van der Waals surface area contributed by atoms with Gasteiger partial charge in [0, 0.05) is 12.2 Å². The van der Waals surface area contributed by atoms with Crippen molar-refractivity contribution in [1.29, 1.82) is 0 Å². The maximum absolute atomic E-state index is 5.68. The van der Waals surface area contributed by atoms with Gasteiger partial charge in [-0.05, 0) is 31.0 Å². The number of nitrogens with zero attached hydrogens (tertiary/aromatic N) is 1. The van der Waals surface area contributed by atoms with Crippen molar-refractivity contribution in [2.24, 2.45) is 5.73 Å². The Morgan fingerprint density at radius 2 is 2.45 bits per heavy atom. The Balaban J connectivity index is 2.71. The van der Waals surface area contributed by atoms with Gasteiger partial charge in [-0.15, -0.1) is 0 Å². The summed E-state index contributed by atoms with van der Waals surface area (Å²) in [5.41, 5.74) is 6.75. The van der Waals surface area contributed by atoms with Crippen LogP contribution in [0.25, 0.3) is 0 Å². The minimum absolute atomic E-state index is 0.175. The first-order chi connectivity index (χ1) is 5.18. The summed E-state index contributed by atoms with van der Waals surface area (Å²) in [5, 5.41) is 0.531. The summed E-state index contributed by atoms with van der Waals surface area (Å²) in [5.74, 6) is 0. The molecule has 0 spiro atoms. The normalized spacial score (nSPS) is 13.0. The number of rotatable bonds is 2. The van der Waals surface area contributed by atoms with Gasteiger partial charge >= 0.3 is 0 Å². The maximum Gasteiger partial charge on any atom is 0.129 e. The maximum atomic E-state index is 5.68. The van der Waals surface area contributed by atoms with Crippen molar-refractivity contribution in [1.82, 2.24) is 4.98 Å². The van der Waals surface area contributed by atoms with Gasteiger partial charge in [0.25, 0.3) is 0 Å². The highest BCUT2D eigenvalue weighted by molar-refractivity contribution is 6.29. The average Bonchev–Trinajstić information content (AvgIpc) is 1.85. The van der Waals surface area contributed by atoms with E-state index in [1.54, 1.807) is 6.20 Å². The molecule has 0 aliphatic heterocycles. The first kappa shape index (κ1) is 8.50. The van der Waals surface area contributed by atoms with E-state index < -0.39 is 0 Å². The van der Waals surface area contributed by atoms with E-state index in [0.29, 0.717) is 5.15 Å². The Hall–Kier alpha value is -0.600. The fourth-order valence-electron chi connectivity index (χ4n) is 0.941. The predicted molar refractivity (Wildman–Crippen MR) is 46.6 cm³/mol. The zero-order valence-electron chi connectivity index (χ0n) is 6.42. The minimum Gasteiger partial charge on any atom is -0.328 e. The molecule has 3 heteroatoms. The molecule has 2 nitrogen and oxygen atoms in total. The van der Waals surface area contributed by atoms with Crippen LogP contribution in [0.2, 0.25) is 5.15 Å². The van der Waals surface area contributed by atoms with Gasteiger partial charge in [0.2, 0.25) is 0 Å². The predicted octanol–water partition coefficient (Wildman–Crippen LogP) is 1.62. The molecule has 1 rings (SSSR count). The molecule has 0 bridgehead atoms. The van der Waals surface area contributed by atoms with Crippen molar-refractivity contribution in [2.45, 2.75) is 19.4 Å². The minimum atomic E-state index is 0.175. The van der Waals surface area contributed by atoms with Crippen LogP contribution in [-0.2, 0) is 6.42 Å². The van der Waals surface area contributed by atoms with E-state index in [4.69, 9.17) is 17.3 Å². The van der Waals surface area contributed by atoms with E-state index in [9.17, 15) is 0 Å². The second kappa shape index (κ2) is 3.69. The van der Waals surface area contributed by atoms with E-state index in [1.807, 2.05) is 19.1 Å². The highest BCUT2D eigenvalue weighted by Gasteiger charge is 1.97. The van der Waals surface area contributed by atoms with Crippen LogP contribution in [0, 0.1) is 0 Å². The molecule has 0 radical (unpaired) electrons. The second-order valence-electron chi connectivity index (χ2n) is 2.67. The molecule has 0 amide bonds. The Kier molecular flexibility index (Phi) is 2.85. The van der Waals surface area contributed by atoms with E-state index in [-0.39, 0.29) is 6.04 Å². The van der Waals surface area contributed by atoms with Gasteiger partial charge in [0.05, 0.1) is 0 Å². The van der Waals surface area contributed by atoms with Crippen LogP contribution in [0.4, 0.5) is 0 Å². The first-order valence-corrected chi connectivity index (χ1v) is 3.92. The number of hydrogen-bond acceptors (Lipinski definition) is 2. The van der Waals surface area contributed by atoms with Crippen LogP contribution < -0.4 is 5.73 Å². The monoisotopic (exact) mass is 170 g/mol. The summed E-state index contributed by atoms with van der Waals surface area (Å²) in [6.45, 7) is 1.97. The fraction of sp³-hybridized carbons (Fsp3) is 0.375. The Morgan fingerprint density at radius 1 is 1.73 bits per heavy atom. The zero-order valence-corrected chi connectivity index (χ0v) is 7.17. The summed E-state index contributed by atoms with van der Waals surface area (Å²) in [4.78, 5) is 3.87. The molecular formula is C8H11ClN2. The third-order valence-electron chi connectivity index (χ3n) is 1.35. The highest BCUT2D eigenvalue weighted by Crippen LogP contribution is 2.08. The standard InChI is InChI=1S/C8H11ClN2/c1-6(10)4-7-2-3-11-8(9)5-7/h2-3,5-6H,4,10H2,1H3.